The van der Waals surface area contributed by atoms with Gasteiger partial charge in [-0.15, -0.1) is 0 Å². The van der Waals surface area contributed by atoms with Crippen molar-refractivity contribution in [2.45, 2.75) is 32.1 Å². The van der Waals surface area contributed by atoms with E-state index >= 15 is 0 Å². The number of unbranched alkanes of at least 4 members (excludes halogenated alkanes) is 2. The van der Waals surface area contributed by atoms with Gasteiger partial charge in [-0.05, 0) is 31.6 Å². The minimum absolute atomic E-state index is 0.0764. The lowest BCUT2D eigenvalue weighted by Gasteiger charge is -2.21. The van der Waals surface area contributed by atoms with Crippen LogP contribution in [0.2, 0.25) is 0 Å². The van der Waals surface area contributed by atoms with Crippen LogP contribution in [0.3, 0.4) is 0 Å². The number of nitrogens with two attached hydrogens (primary N) is 1. The molecule has 1 aliphatic rings. The number of sulfonamides is 1. The molecule has 0 aliphatic carbocycles. The molecule has 1 aliphatic heterocycles. The van der Waals surface area contributed by atoms with Crippen LogP contribution in [0.15, 0.2) is 0 Å². The number of hydrogen-bond donors (Lipinski definition) is 1. The zero-order chi connectivity index (χ0) is 12.6. The van der Waals surface area contributed by atoms with E-state index in [1.165, 1.54) is 0 Å². The highest BCUT2D eigenvalue weighted by Crippen LogP contribution is 2.14. The summed E-state index contributed by atoms with van der Waals surface area (Å²) in [5.74, 6) is 0.709. The Labute approximate surface area is 104 Å². The Kier molecular flexibility index (Phi) is 7.03. The van der Waals surface area contributed by atoms with Crippen LogP contribution >= 0.6 is 0 Å². The molecular formula is C11H23NO4S. The molecule has 0 aromatic rings. The minimum atomic E-state index is -3.29. The molecular weight excluding hydrogens is 242 g/mol. The molecule has 0 unspecified atom stereocenters. The first-order chi connectivity index (χ1) is 8.08. The highest BCUT2D eigenvalue weighted by molar-refractivity contribution is 7.89. The first-order valence-electron chi connectivity index (χ1n) is 6.24. The van der Waals surface area contributed by atoms with Gasteiger partial charge in [-0.25, -0.2) is 13.6 Å². The van der Waals surface area contributed by atoms with Crippen molar-refractivity contribution < 1.29 is 17.9 Å². The average Bonchev–Trinajstić information content (AvgIpc) is 2.28. The van der Waals surface area contributed by atoms with Gasteiger partial charge in [-0.1, -0.05) is 6.42 Å². The van der Waals surface area contributed by atoms with Gasteiger partial charge in [-0.3, -0.25) is 0 Å². The van der Waals surface area contributed by atoms with Gasteiger partial charge in [0, 0.05) is 26.4 Å². The first kappa shape index (κ1) is 14.9. The molecule has 1 fully saturated rings. The van der Waals surface area contributed by atoms with Crippen molar-refractivity contribution in [1.29, 1.82) is 0 Å². The van der Waals surface area contributed by atoms with Gasteiger partial charge in [0.05, 0.1) is 5.75 Å². The van der Waals surface area contributed by atoms with Crippen LogP contribution in [-0.2, 0) is 19.5 Å². The standard InChI is InChI=1S/C11H23NO4S/c12-17(13,14)9-3-1-2-6-16-10-11-4-7-15-8-5-11/h11H,1-10H2,(H2,12,13,14). The van der Waals surface area contributed by atoms with E-state index in [1.807, 2.05) is 0 Å². The first-order valence-corrected chi connectivity index (χ1v) is 7.95. The summed E-state index contributed by atoms with van der Waals surface area (Å²) in [6.45, 7) is 3.21. The van der Waals surface area contributed by atoms with Crippen molar-refractivity contribution in [2.75, 3.05) is 32.2 Å². The molecule has 0 aromatic carbocycles. The molecule has 0 bridgehead atoms. The summed E-state index contributed by atoms with van der Waals surface area (Å²) < 4.78 is 32.2. The van der Waals surface area contributed by atoms with Gasteiger partial charge in [0.1, 0.15) is 0 Å². The van der Waals surface area contributed by atoms with Crippen molar-refractivity contribution >= 4 is 10.0 Å². The van der Waals surface area contributed by atoms with E-state index in [1.54, 1.807) is 0 Å². The molecule has 0 aromatic heterocycles. The molecule has 2 N–H and O–H groups in total. The number of ether oxygens (including phenoxy) is 2. The maximum Gasteiger partial charge on any atom is 0.209 e. The average molecular weight is 265 g/mol. The van der Waals surface area contributed by atoms with E-state index < -0.39 is 10.0 Å². The van der Waals surface area contributed by atoms with Crippen LogP contribution in [0.5, 0.6) is 0 Å². The fourth-order valence-electron chi connectivity index (χ4n) is 1.85. The molecule has 102 valence electrons. The van der Waals surface area contributed by atoms with Crippen LogP contribution in [0.1, 0.15) is 32.1 Å². The van der Waals surface area contributed by atoms with Crippen LogP contribution in [-0.4, -0.2) is 40.6 Å². The third-order valence-electron chi connectivity index (χ3n) is 2.91. The van der Waals surface area contributed by atoms with E-state index in [2.05, 4.69) is 0 Å². The molecule has 5 nitrogen and oxygen atoms in total. The molecule has 6 heteroatoms. The molecule has 17 heavy (non-hydrogen) atoms. The third kappa shape index (κ3) is 8.54. The van der Waals surface area contributed by atoms with Crippen LogP contribution in [0, 0.1) is 5.92 Å². The summed E-state index contributed by atoms with van der Waals surface area (Å²) in [7, 11) is -3.29. The quantitative estimate of drug-likeness (QED) is 0.661. The normalized spacial score (nSPS) is 18.4. The van der Waals surface area contributed by atoms with Crippen LogP contribution in [0.25, 0.3) is 0 Å². The molecule has 0 spiro atoms. The predicted molar refractivity (Wildman–Crippen MR) is 66.2 cm³/mol. The summed E-state index contributed by atoms with van der Waals surface area (Å²) >= 11 is 0. The van der Waals surface area contributed by atoms with Crippen LogP contribution < -0.4 is 5.14 Å². The maximum atomic E-state index is 10.7. The smallest absolute Gasteiger partial charge is 0.209 e. The summed E-state index contributed by atoms with van der Waals surface area (Å²) in [6, 6.07) is 0. The van der Waals surface area contributed by atoms with Crippen molar-refractivity contribution in [3.05, 3.63) is 0 Å². The van der Waals surface area contributed by atoms with Crippen molar-refractivity contribution in [3.63, 3.8) is 0 Å². The Bertz CT molecular complexity index is 286. The van der Waals surface area contributed by atoms with Gasteiger partial charge in [0.25, 0.3) is 0 Å². The third-order valence-corrected chi connectivity index (χ3v) is 3.77. The molecule has 0 atom stereocenters. The van der Waals surface area contributed by atoms with Gasteiger partial charge in [0.15, 0.2) is 0 Å². The second-order valence-electron chi connectivity index (χ2n) is 4.56. The molecule has 1 rings (SSSR count). The Morgan fingerprint density at radius 3 is 2.53 bits per heavy atom. The van der Waals surface area contributed by atoms with Gasteiger partial charge < -0.3 is 9.47 Å². The second kappa shape index (κ2) is 8.02. The van der Waals surface area contributed by atoms with E-state index in [0.29, 0.717) is 18.9 Å². The lowest BCUT2D eigenvalue weighted by molar-refractivity contribution is 0.0199. The minimum Gasteiger partial charge on any atom is -0.381 e. The highest BCUT2D eigenvalue weighted by Gasteiger charge is 2.13. The Hall–Kier alpha value is -0.170. The zero-order valence-corrected chi connectivity index (χ0v) is 11.1. The van der Waals surface area contributed by atoms with Crippen molar-refractivity contribution in [3.8, 4) is 0 Å². The summed E-state index contributed by atoms with van der Waals surface area (Å²) in [4.78, 5) is 0. The zero-order valence-electron chi connectivity index (χ0n) is 10.3. The van der Waals surface area contributed by atoms with Gasteiger partial charge >= 0.3 is 0 Å². The number of rotatable bonds is 8. The lowest BCUT2D eigenvalue weighted by atomic mass is 10.0. The SMILES string of the molecule is NS(=O)(=O)CCCCCOCC1CCOCC1. The molecule has 1 saturated heterocycles. The molecule has 0 radical (unpaired) electrons. The van der Waals surface area contributed by atoms with E-state index in [4.69, 9.17) is 14.6 Å². The largest absolute Gasteiger partial charge is 0.381 e. The second-order valence-corrected chi connectivity index (χ2v) is 6.29. The highest BCUT2D eigenvalue weighted by atomic mass is 32.2. The Morgan fingerprint density at radius 1 is 1.18 bits per heavy atom. The van der Waals surface area contributed by atoms with E-state index in [9.17, 15) is 8.42 Å². The van der Waals surface area contributed by atoms with Gasteiger partial charge in [-0.2, -0.15) is 0 Å². The molecule has 0 amide bonds. The predicted octanol–water partition coefficient (Wildman–Crippen LogP) is 0.888. The maximum absolute atomic E-state index is 10.7. The summed E-state index contributed by atoms with van der Waals surface area (Å²) in [5, 5.41) is 4.90. The number of primary sulfonamides is 1. The fraction of sp³-hybridized carbons (Fsp3) is 1.00. The van der Waals surface area contributed by atoms with Crippen molar-refractivity contribution in [1.82, 2.24) is 0 Å². The lowest BCUT2D eigenvalue weighted by Crippen LogP contribution is -2.20. The Morgan fingerprint density at radius 2 is 1.88 bits per heavy atom. The summed E-state index contributed by atoms with van der Waals surface area (Å²) in [5.41, 5.74) is 0. The summed E-state index contributed by atoms with van der Waals surface area (Å²) in [6.07, 6.45) is 4.55. The monoisotopic (exact) mass is 265 g/mol. The van der Waals surface area contributed by atoms with E-state index in [0.717, 1.165) is 45.5 Å². The van der Waals surface area contributed by atoms with Crippen molar-refractivity contribution in [2.24, 2.45) is 11.1 Å². The molecule has 1 heterocycles. The fourth-order valence-corrected chi connectivity index (χ4v) is 2.45. The molecule has 0 saturated carbocycles. The Balaban J connectivity index is 1.87. The number of hydrogen-bond acceptors (Lipinski definition) is 4. The van der Waals surface area contributed by atoms with Gasteiger partial charge in [0.2, 0.25) is 10.0 Å². The van der Waals surface area contributed by atoms with E-state index in [-0.39, 0.29) is 5.75 Å². The topological polar surface area (TPSA) is 78.6 Å². The van der Waals surface area contributed by atoms with Crippen LogP contribution in [0.4, 0.5) is 0 Å².